The smallest absolute Gasteiger partial charge is 0.281 e. The average molecular weight is 366 g/mol. The number of thiazole rings is 1. The monoisotopic (exact) mass is 366 g/mol. The van der Waals surface area contributed by atoms with E-state index in [1.165, 1.54) is 15.7 Å². The van der Waals surface area contributed by atoms with E-state index < -0.39 is 0 Å². The summed E-state index contributed by atoms with van der Waals surface area (Å²) in [7, 11) is 3.14. The summed E-state index contributed by atoms with van der Waals surface area (Å²) in [5.74, 6) is 1.25. The van der Waals surface area contributed by atoms with Crippen LogP contribution in [0.5, 0.6) is 11.5 Å². The third kappa shape index (κ3) is 2.53. The maximum absolute atomic E-state index is 12.9. The van der Waals surface area contributed by atoms with Gasteiger partial charge in [0.2, 0.25) is 4.96 Å². The maximum Gasteiger partial charge on any atom is 0.281 e. The molecule has 2 aromatic carbocycles. The normalized spacial score (nSPS) is 12.0. The average Bonchev–Trinajstić information content (AvgIpc) is 2.97. The molecule has 0 aliphatic rings. The van der Waals surface area contributed by atoms with Gasteiger partial charge in [0.1, 0.15) is 11.5 Å². The molecule has 0 radical (unpaired) electrons. The Balaban J connectivity index is 2.03. The Bertz CT molecular complexity index is 1310. The van der Waals surface area contributed by atoms with Gasteiger partial charge in [-0.25, -0.2) is 0 Å². The molecule has 2 heterocycles. The molecule has 0 aliphatic carbocycles. The second kappa shape index (κ2) is 6.27. The molecule has 130 valence electrons. The van der Waals surface area contributed by atoms with Crippen molar-refractivity contribution in [1.82, 2.24) is 9.38 Å². The van der Waals surface area contributed by atoms with Crippen molar-refractivity contribution in [3.63, 3.8) is 0 Å². The summed E-state index contributed by atoms with van der Waals surface area (Å²) in [6.07, 6.45) is 1.74. The molecular weight excluding hydrogens is 352 g/mol. The van der Waals surface area contributed by atoms with Crippen LogP contribution in [0.3, 0.4) is 0 Å². The van der Waals surface area contributed by atoms with Crippen LogP contribution in [0, 0.1) is 0 Å². The van der Waals surface area contributed by atoms with Crippen LogP contribution in [0.1, 0.15) is 5.56 Å². The minimum Gasteiger partial charge on any atom is -0.497 e. The minimum atomic E-state index is -0.338. The van der Waals surface area contributed by atoms with E-state index >= 15 is 0 Å². The Morgan fingerprint density at radius 3 is 2.65 bits per heavy atom. The van der Waals surface area contributed by atoms with E-state index in [0.29, 0.717) is 31.9 Å². The Hall–Kier alpha value is -3.19. The minimum absolute atomic E-state index is 0.216. The second-order valence-corrected chi connectivity index (χ2v) is 6.58. The zero-order chi connectivity index (χ0) is 18.3. The fraction of sp³-hybridized carbons (Fsp3) is 0.105. The van der Waals surface area contributed by atoms with E-state index in [1.807, 2.05) is 6.07 Å². The number of methoxy groups -OCH3 is 2. The van der Waals surface area contributed by atoms with Gasteiger partial charge >= 0.3 is 0 Å². The fourth-order valence-corrected chi connectivity index (χ4v) is 3.80. The number of nitrogens with zero attached hydrogens (tertiary/aromatic N) is 2. The number of aromatic nitrogens is 2. The van der Waals surface area contributed by atoms with Crippen LogP contribution in [0.4, 0.5) is 0 Å². The largest absolute Gasteiger partial charge is 0.497 e. The lowest BCUT2D eigenvalue weighted by Gasteiger charge is -2.06. The Morgan fingerprint density at radius 1 is 1.08 bits per heavy atom. The predicted octanol–water partition coefficient (Wildman–Crippen LogP) is 1.83. The van der Waals surface area contributed by atoms with E-state index in [1.54, 1.807) is 56.7 Å². The molecule has 4 rings (SSSR count). The van der Waals surface area contributed by atoms with E-state index in [0.717, 1.165) is 5.56 Å². The molecule has 4 aromatic rings. The quantitative estimate of drug-likeness (QED) is 0.553. The number of benzene rings is 2. The highest BCUT2D eigenvalue weighted by Gasteiger charge is 2.11. The third-order valence-electron chi connectivity index (χ3n) is 4.11. The van der Waals surface area contributed by atoms with Crippen molar-refractivity contribution in [3.8, 4) is 11.5 Å². The predicted molar refractivity (Wildman–Crippen MR) is 101 cm³/mol. The molecule has 0 unspecified atom stereocenters. The van der Waals surface area contributed by atoms with Crippen molar-refractivity contribution in [1.29, 1.82) is 0 Å². The van der Waals surface area contributed by atoms with E-state index in [2.05, 4.69) is 4.98 Å². The molecule has 0 saturated carbocycles. The summed E-state index contributed by atoms with van der Waals surface area (Å²) in [6, 6.07) is 12.3. The van der Waals surface area contributed by atoms with Crippen LogP contribution in [0.25, 0.3) is 21.9 Å². The van der Waals surface area contributed by atoms with E-state index in [-0.39, 0.29) is 11.1 Å². The van der Waals surface area contributed by atoms with Crippen molar-refractivity contribution in [2.75, 3.05) is 14.2 Å². The summed E-state index contributed by atoms with van der Waals surface area (Å²) >= 11 is 1.17. The molecule has 0 bridgehead atoms. The van der Waals surface area contributed by atoms with Crippen molar-refractivity contribution < 1.29 is 9.47 Å². The number of ether oxygens (including phenoxy) is 2. The zero-order valence-corrected chi connectivity index (χ0v) is 14.9. The van der Waals surface area contributed by atoms with Crippen LogP contribution >= 0.6 is 11.3 Å². The maximum atomic E-state index is 12.9. The van der Waals surface area contributed by atoms with Crippen molar-refractivity contribution in [3.05, 3.63) is 73.3 Å². The molecule has 2 aromatic heterocycles. The van der Waals surface area contributed by atoms with Gasteiger partial charge in [-0.15, -0.1) is 0 Å². The second-order valence-electron chi connectivity index (χ2n) is 5.58. The first kappa shape index (κ1) is 16.3. The fourth-order valence-electron chi connectivity index (χ4n) is 2.84. The van der Waals surface area contributed by atoms with Gasteiger partial charge in [0.25, 0.3) is 11.1 Å². The number of fused-ring (bicyclic) bond motifs is 3. The van der Waals surface area contributed by atoms with Crippen molar-refractivity contribution in [2.24, 2.45) is 0 Å². The summed E-state index contributed by atoms with van der Waals surface area (Å²) < 4.78 is 12.5. The first-order valence-electron chi connectivity index (χ1n) is 7.80. The highest BCUT2D eigenvalue weighted by atomic mass is 32.1. The summed E-state index contributed by atoms with van der Waals surface area (Å²) in [4.78, 5) is 29.5. The Kier molecular flexibility index (Phi) is 3.93. The molecule has 7 heteroatoms. The van der Waals surface area contributed by atoms with Gasteiger partial charge in [0.15, 0.2) is 0 Å². The molecule has 6 nitrogen and oxygen atoms in total. The van der Waals surface area contributed by atoms with Crippen molar-refractivity contribution >= 4 is 33.3 Å². The number of rotatable bonds is 3. The summed E-state index contributed by atoms with van der Waals surface area (Å²) in [5.41, 5.74) is 0.747. The summed E-state index contributed by atoms with van der Waals surface area (Å²) in [6.45, 7) is 0. The topological polar surface area (TPSA) is 69.9 Å². The zero-order valence-electron chi connectivity index (χ0n) is 14.1. The highest BCUT2D eigenvalue weighted by Crippen LogP contribution is 2.25. The Morgan fingerprint density at radius 2 is 1.88 bits per heavy atom. The van der Waals surface area contributed by atoms with Crippen LogP contribution in [-0.4, -0.2) is 23.6 Å². The van der Waals surface area contributed by atoms with E-state index in [9.17, 15) is 9.59 Å². The molecule has 0 fully saturated rings. The number of hydrogen-bond acceptors (Lipinski definition) is 6. The van der Waals surface area contributed by atoms with Crippen LogP contribution in [0.2, 0.25) is 0 Å². The van der Waals surface area contributed by atoms with Gasteiger partial charge in [-0.2, -0.15) is 4.98 Å². The van der Waals surface area contributed by atoms with Gasteiger partial charge in [-0.1, -0.05) is 23.5 Å². The lowest BCUT2D eigenvalue weighted by Crippen LogP contribution is -2.24. The SMILES string of the molecule is COc1ccc(/C=c2\sc3nc(=O)c4ccccc4n3c2=O)c(OC)c1. The number of hydrogen-bond donors (Lipinski definition) is 0. The molecule has 0 saturated heterocycles. The Labute approximate surface area is 151 Å². The first-order chi connectivity index (χ1) is 12.6. The lowest BCUT2D eigenvalue weighted by atomic mass is 10.2. The van der Waals surface area contributed by atoms with Gasteiger partial charge in [-0.3, -0.25) is 14.0 Å². The molecule has 0 atom stereocenters. The number of para-hydroxylation sites is 1. The van der Waals surface area contributed by atoms with Gasteiger partial charge in [0.05, 0.1) is 29.7 Å². The van der Waals surface area contributed by atoms with Crippen LogP contribution in [-0.2, 0) is 0 Å². The van der Waals surface area contributed by atoms with Crippen LogP contribution < -0.4 is 25.1 Å². The third-order valence-corrected chi connectivity index (χ3v) is 5.08. The lowest BCUT2D eigenvalue weighted by molar-refractivity contribution is 0.393. The van der Waals surface area contributed by atoms with Gasteiger partial charge < -0.3 is 9.47 Å². The highest BCUT2D eigenvalue weighted by molar-refractivity contribution is 7.15. The van der Waals surface area contributed by atoms with Crippen molar-refractivity contribution in [2.45, 2.75) is 0 Å². The van der Waals surface area contributed by atoms with E-state index in [4.69, 9.17) is 9.47 Å². The molecule has 0 N–H and O–H groups in total. The molecular formula is C19H14N2O4S. The van der Waals surface area contributed by atoms with Gasteiger partial charge in [-0.05, 0) is 30.3 Å². The summed E-state index contributed by atoms with van der Waals surface area (Å²) in [5, 5.41) is 0.425. The standard InChI is InChI=1S/C19H14N2O4S/c1-24-12-8-7-11(15(10-12)25-2)9-16-18(23)21-14-6-4-3-5-13(14)17(22)20-19(21)26-16/h3-10H,1-2H3/b16-9-. The first-order valence-corrected chi connectivity index (χ1v) is 8.62. The molecule has 0 aliphatic heterocycles. The molecule has 0 amide bonds. The molecule has 26 heavy (non-hydrogen) atoms. The van der Waals surface area contributed by atoms with Gasteiger partial charge in [0, 0.05) is 11.6 Å². The van der Waals surface area contributed by atoms with Crippen LogP contribution in [0.15, 0.2) is 52.1 Å². The molecule has 0 spiro atoms.